The Morgan fingerprint density at radius 3 is 1.35 bits per heavy atom. The monoisotopic (exact) mass is 754 g/mol. The van der Waals surface area contributed by atoms with Crippen LogP contribution < -0.4 is 5.32 Å². The first kappa shape index (κ1) is 48.4. The summed E-state index contributed by atoms with van der Waals surface area (Å²) < 4.78 is 22.8. The van der Waals surface area contributed by atoms with Gasteiger partial charge in [0.1, 0.15) is 36.6 Å². The number of hydrogen-bond donors (Lipinski definition) is 8. The van der Waals surface area contributed by atoms with E-state index in [0.29, 0.717) is 19.3 Å². The maximum Gasteiger partial charge on any atom is 0.472 e. The zero-order valence-corrected chi connectivity index (χ0v) is 32.8. The van der Waals surface area contributed by atoms with Crippen molar-refractivity contribution < 1.29 is 53.9 Å². The van der Waals surface area contributed by atoms with Gasteiger partial charge in [-0.05, 0) is 12.8 Å². The number of phosphoric ester groups is 1. The first-order chi connectivity index (χ1) is 24.4. The second-order valence-electron chi connectivity index (χ2n) is 14.8. The minimum Gasteiger partial charge on any atom is -0.391 e. The van der Waals surface area contributed by atoms with Crippen LogP contribution >= 0.6 is 7.82 Å². The lowest BCUT2D eigenvalue weighted by molar-refractivity contribution is -0.220. The number of unbranched alkanes of at least 4 members (excludes halogenated alkanes) is 22. The molecule has 0 aromatic heterocycles. The van der Waals surface area contributed by atoms with Crippen LogP contribution in [0.25, 0.3) is 0 Å². The largest absolute Gasteiger partial charge is 0.472 e. The van der Waals surface area contributed by atoms with Gasteiger partial charge in [-0.3, -0.25) is 13.8 Å². The van der Waals surface area contributed by atoms with Crippen LogP contribution in [0.15, 0.2) is 0 Å². The minimum atomic E-state index is -5.04. The third-order valence-corrected chi connectivity index (χ3v) is 11.2. The highest BCUT2D eigenvalue weighted by atomic mass is 31.2. The highest BCUT2D eigenvalue weighted by Crippen LogP contribution is 2.47. The molecule has 1 amide bonds. The molecular formula is C38H76NO11P. The number of carbonyl (C=O) groups excluding carboxylic acids is 1. The number of aliphatic hydroxyl groups is 6. The molecule has 13 heteroatoms. The van der Waals surface area contributed by atoms with Gasteiger partial charge in [0.05, 0.1) is 18.8 Å². The van der Waals surface area contributed by atoms with Crippen LogP contribution in [0, 0.1) is 0 Å². The Hall–Kier alpha value is -0.660. The molecule has 1 saturated carbocycles. The predicted octanol–water partition coefficient (Wildman–Crippen LogP) is 6.33. The van der Waals surface area contributed by atoms with E-state index in [1.54, 1.807) is 0 Å². The molecular weight excluding hydrogens is 677 g/mol. The summed E-state index contributed by atoms with van der Waals surface area (Å²) in [4.78, 5) is 23.2. The maximum atomic E-state index is 12.8. The van der Waals surface area contributed by atoms with Crippen LogP contribution in [0.2, 0.25) is 0 Å². The summed E-state index contributed by atoms with van der Waals surface area (Å²) in [6, 6.07) is -1.02. The average molecular weight is 754 g/mol. The fraction of sp³-hybridized carbons (Fsp3) is 0.974. The standard InChI is InChI=1S/C38H76NO11P/c1-3-5-7-9-11-13-15-16-17-18-19-21-23-25-27-31(40)30(39-32(41)28-26-24-22-20-14-12-10-8-6-4-2)29-49-51(47,48)50-38-36(45)34(43)33(42)35(44)37(38)46/h30-31,33-38,40,42-46H,3-29H2,1-2H3,(H,39,41)(H,47,48)/t30-,31+,33?,34+,35?,36?,37?,38?/m0/s1. The summed E-state index contributed by atoms with van der Waals surface area (Å²) in [5.41, 5.74) is 0. The minimum absolute atomic E-state index is 0.241. The van der Waals surface area contributed by atoms with E-state index in [4.69, 9.17) is 9.05 Å². The zero-order chi connectivity index (χ0) is 37.9. The smallest absolute Gasteiger partial charge is 0.391 e. The van der Waals surface area contributed by atoms with Gasteiger partial charge in [-0.1, -0.05) is 162 Å². The second kappa shape index (κ2) is 29.7. The van der Waals surface area contributed by atoms with E-state index in [-0.39, 0.29) is 12.3 Å². The lowest BCUT2D eigenvalue weighted by Gasteiger charge is -2.41. The molecule has 1 fully saturated rings. The van der Waals surface area contributed by atoms with E-state index in [1.807, 2.05) is 0 Å². The predicted molar refractivity (Wildman–Crippen MR) is 200 cm³/mol. The molecule has 1 rings (SSSR count). The van der Waals surface area contributed by atoms with Crippen molar-refractivity contribution in [2.45, 2.75) is 230 Å². The van der Waals surface area contributed by atoms with E-state index in [0.717, 1.165) is 38.5 Å². The normalized spacial score (nSPS) is 24.6. The van der Waals surface area contributed by atoms with Crippen molar-refractivity contribution in [1.82, 2.24) is 5.32 Å². The van der Waals surface area contributed by atoms with E-state index < -0.39 is 63.2 Å². The maximum absolute atomic E-state index is 12.8. The van der Waals surface area contributed by atoms with E-state index in [2.05, 4.69) is 19.2 Å². The fourth-order valence-electron chi connectivity index (χ4n) is 6.73. The molecule has 6 unspecified atom stereocenters. The molecule has 51 heavy (non-hydrogen) atoms. The van der Waals surface area contributed by atoms with Crippen molar-refractivity contribution in [2.75, 3.05) is 6.61 Å². The van der Waals surface area contributed by atoms with Crippen LogP contribution in [-0.2, 0) is 18.4 Å². The highest BCUT2D eigenvalue weighted by Gasteiger charge is 2.51. The van der Waals surface area contributed by atoms with Gasteiger partial charge in [0.2, 0.25) is 5.91 Å². The topological polar surface area (TPSA) is 206 Å². The SMILES string of the molecule is CCCCCCCCCCCCCCCC[C@@H](O)[C@H](COP(=O)(O)OC1C(O)C(O)C(O)[C@@H](O)C1O)NC(=O)CCCCCCCCCCCC. The molecule has 304 valence electrons. The van der Waals surface area contributed by atoms with Gasteiger partial charge in [-0.2, -0.15) is 0 Å². The molecule has 8 N–H and O–H groups in total. The van der Waals surface area contributed by atoms with E-state index >= 15 is 0 Å². The van der Waals surface area contributed by atoms with Crippen molar-refractivity contribution in [3.8, 4) is 0 Å². The molecule has 12 nitrogen and oxygen atoms in total. The summed E-state index contributed by atoms with van der Waals surface area (Å²) in [6.07, 6.45) is 15.8. The van der Waals surface area contributed by atoms with Crippen LogP contribution in [-0.4, -0.2) is 96.8 Å². The number of carbonyl (C=O) groups is 1. The third kappa shape index (κ3) is 22.3. The van der Waals surface area contributed by atoms with Crippen molar-refractivity contribution in [2.24, 2.45) is 0 Å². The van der Waals surface area contributed by atoms with Crippen molar-refractivity contribution >= 4 is 13.7 Å². The van der Waals surface area contributed by atoms with E-state index in [9.17, 15) is 44.9 Å². The Kier molecular flexibility index (Phi) is 28.1. The van der Waals surface area contributed by atoms with Gasteiger partial charge in [-0.15, -0.1) is 0 Å². The quantitative estimate of drug-likeness (QED) is 0.0274. The Bertz CT molecular complexity index is 884. The molecule has 0 aromatic carbocycles. The van der Waals surface area contributed by atoms with Gasteiger partial charge < -0.3 is 40.8 Å². The number of hydrogen-bond acceptors (Lipinski definition) is 10. The molecule has 0 spiro atoms. The summed E-state index contributed by atoms with van der Waals surface area (Å²) >= 11 is 0. The highest BCUT2D eigenvalue weighted by molar-refractivity contribution is 7.47. The number of amides is 1. The molecule has 0 aliphatic heterocycles. The third-order valence-electron chi connectivity index (χ3n) is 10.2. The van der Waals surface area contributed by atoms with Gasteiger partial charge >= 0.3 is 7.82 Å². The number of rotatable bonds is 33. The van der Waals surface area contributed by atoms with Gasteiger partial charge in [0.15, 0.2) is 0 Å². The first-order valence-corrected chi connectivity index (χ1v) is 22.0. The molecule has 1 aliphatic rings. The van der Waals surface area contributed by atoms with Crippen LogP contribution in [0.5, 0.6) is 0 Å². The summed E-state index contributed by atoms with van der Waals surface area (Å²) in [7, 11) is -5.04. The fourth-order valence-corrected chi connectivity index (χ4v) is 7.70. The first-order valence-electron chi connectivity index (χ1n) is 20.5. The van der Waals surface area contributed by atoms with Crippen LogP contribution in [0.4, 0.5) is 0 Å². The Balaban J connectivity index is 2.53. The molecule has 0 saturated heterocycles. The van der Waals surface area contributed by atoms with Gasteiger partial charge in [0, 0.05) is 6.42 Å². The Morgan fingerprint density at radius 2 is 0.941 bits per heavy atom. The molecule has 0 heterocycles. The van der Waals surface area contributed by atoms with Gasteiger partial charge in [-0.25, -0.2) is 4.57 Å². The summed E-state index contributed by atoms with van der Waals surface area (Å²) in [6.45, 7) is 3.85. The number of nitrogens with one attached hydrogen (secondary N) is 1. The van der Waals surface area contributed by atoms with E-state index in [1.165, 1.54) is 103 Å². The van der Waals surface area contributed by atoms with Crippen LogP contribution in [0.1, 0.15) is 181 Å². The van der Waals surface area contributed by atoms with Crippen molar-refractivity contribution in [3.63, 3.8) is 0 Å². The molecule has 9 atom stereocenters. The van der Waals surface area contributed by atoms with Crippen molar-refractivity contribution in [1.29, 1.82) is 0 Å². The van der Waals surface area contributed by atoms with Gasteiger partial charge in [0.25, 0.3) is 0 Å². The number of aliphatic hydroxyl groups excluding tert-OH is 6. The summed E-state index contributed by atoms with van der Waals surface area (Å²) in [5.74, 6) is -0.310. The molecule has 0 radical (unpaired) electrons. The second-order valence-corrected chi connectivity index (χ2v) is 16.3. The Labute approximate surface area is 308 Å². The molecule has 0 aromatic rings. The lowest BCUT2D eigenvalue weighted by Crippen LogP contribution is -2.64. The lowest BCUT2D eigenvalue weighted by atomic mass is 9.85. The summed E-state index contributed by atoms with van der Waals surface area (Å²) in [5, 5.41) is 63.8. The van der Waals surface area contributed by atoms with Crippen molar-refractivity contribution in [3.05, 3.63) is 0 Å². The molecule has 0 bridgehead atoms. The number of phosphoric acid groups is 1. The van der Waals surface area contributed by atoms with Crippen LogP contribution in [0.3, 0.4) is 0 Å². The Morgan fingerprint density at radius 1 is 0.588 bits per heavy atom. The average Bonchev–Trinajstić information content (AvgIpc) is 3.11. The molecule has 1 aliphatic carbocycles. The zero-order valence-electron chi connectivity index (χ0n) is 31.9.